The molecule has 21 heavy (non-hydrogen) atoms. The van der Waals surface area contributed by atoms with Crippen LogP contribution in [0.2, 0.25) is 5.02 Å². The molecule has 0 saturated heterocycles. The summed E-state index contributed by atoms with van der Waals surface area (Å²) in [5.74, 6) is 0.788. The number of imidazole rings is 1. The lowest BCUT2D eigenvalue weighted by atomic mass is 10.2. The number of halogens is 4. The van der Waals surface area contributed by atoms with Gasteiger partial charge in [-0.3, -0.25) is 4.57 Å². The van der Waals surface area contributed by atoms with Gasteiger partial charge in [0.2, 0.25) is 0 Å². The summed E-state index contributed by atoms with van der Waals surface area (Å²) < 4.78 is 16.7. The van der Waals surface area contributed by atoms with Gasteiger partial charge in [0.05, 0.1) is 11.2 Å². The summed E-state index contributed by atoms with van der Waals surface area (Å²) in [6, 6.07) is 10.4. The van der Waals surface area contributed by atoms with Crippen molar-refractivity contribution >= 4 is 50.2 Å². The van der Waals surface area contributed by atoms with Gasteiger partial charge in [0.25, 0.3) is 0 Å². The van der Waals surface area contributed by atoms with Crippen LogP contribution in [0.5, 0.6) is 0 Å². The second-order valence-corrected chi connectivity index (χ2v) is 6.17. The van der Waals surface area contributed by atoms with Gasteiger partial charge in [-0.15, -0.1) is 11.6 Å². The molecule has 1 aromatic heterocycles. The normalized spacial score (nSPS) is 11.2. The fourth-order valence-corrected chi connectivity index (χ4v) is 3.33. The Balaban J connectivity index is 2.33. The monoisotopic (exact) mass is 386 g/mol. The van der Waals surface area contributed by atoms with Crippen LogP contribution in [-0.4, -0.2) is 15.4 Å². The molecule has 0 amide bonds. The smallest absolute Gasteiger partial charge is 0.151 e. The van der Waals surface area contributed by atoms with Crippen LogP contribution in [0.25, 0.3) is 16.7 Å². The Bertz CT molecular complexity index is 817. The highest BCUT2D eigenvalue weighted by atomic mass is 79.9. The maximum atomic E-state index is 14.0. The Morgan fingerprint density at radius 1 is 1.24 bits per heavy atom. The molecule has 0 saturated carbocycles. The Labute approximate surface area is 139 Å². The molecule has 0 bridgehead atoms. The molecule has 3 rings (SSSR count). The van der Waals surface area contributed by atoms with Crippen molar-refractivity contribution in [2.45, 2.75) is 6.42 Å². The van der Waals surface area contributed by atoms with E-state index in [9.17, 15) is 4.39 Å². The van der Waals surface area contributed by atoms with E-state index in [0.29, 0.717) is 34.2 Å². The number of aromatic nitrogens is 2. The first kappa shape index (κ1) is 14.8. The summed E-state index contributed by atoms with van der Waals surface area (Å²) >= 11 is 15.3. The number of alkyl halides is 1. The van der Waals surface area contributed by atoms with E-state index in [4.69, 9.17) is 23.2 Å². The van der Waals surface area contributed by atoms with Gasteiger partial charge in [-0.1, -0.05) is 17.7 Å². The van der Waals surface area contributed by atoms with Gasteiger partial charge in [-0.25, -0.2) is 9.37 Å². The van der Waals surface area contributed by atoms with E-state index in [-0.39, 0.29) is 5.82 Å². The zero-order valence-corrected chi connectivity index (χ0v) is 13.9. The average molecular weight is 388 g/mol. The quantitative estimate of drug-likeness (QED) is 0.553. The van der Waals surface area contributed by atoms with Crippen LogP contribution in [0.1, 0.15) is 5.82 Å². The third-order valence-electron chi connectivity index (χ3n) is 3.17. The van der Waals surface area contributed by atoms with E-state index in [1.807, 2.05) is 16.7 Å². The SMILES string of the molecule is Fc1cccc2c1nc(CCCl)n2-c1ccc(Cl)cc1Br. The van der Waals surface area contributed by atoms with Crippen molar-refractivity contribution in [3.05, 3.63) is 57.5 Å². The largest absolute Gasteiger partial charge is 0.295 e. The fraction of sp³-hybridized carbons (Fsp3) is 0.133. The molecule has 0 spiro atoms. The molecule has 0 fully saturated rings. The minimum atomic E-state index is -0.341. The number of para-hydroxylation sites is 1. The van der Waals surface area contributed by atoms with E-state index in [1.165, 1.54) is 6.07 Å². The highest BCUT2D eigenvalue weighted by Crippen LogP contribution is 2.30. The van der Waals surface area contributed by atoms with Crippen molar-refractivity contribution in [1.29, 1.82) is 0 Å². The maximum Gasteiger partial charge on any atom is 0.151 e. The van der Waals surface area contributed by atoms with Gasteiger partial charge < -0.3 is 0 Å². The van der Waals surface area contributed by atoms with Crippen molar-refractivity contribution in [1.82, 2.24) is 9.55 Å². The molecule has 0 aliphatic carbocycles. The fourth-order valence-electron chi connectivity index (χ4n) is 2.30. The Morgan fingerprint density at radius 3 is 2.76 bits per heavy atom. The summed E-state index contributed by atoms with van der Waals surface area (Å²) in [5, 5.41) is 0.625. The Kier molecular flexibility index (Phi) is 4.20. The van der Waals surface area contributed by atoms with E-state index < -0.39 is 0 Å². The van der Waals surface area contributed by atoms with Crippen LogP contribution in [-0.2, 0) is 6.42 Å². The number of fused-ring (bicyclic) bond motifs is 1. The summed E-state index contributed by atoms with van der Waals surface area (Å²) in [6.45, 7) is 0. The second-order valence-electron chi connectivity index (χ2n) is 4.51. The lowest BCUT2D eigenvalue weighted by molar-refractivity contribution is 0.637. The van der Waals surface area contributed by atoms with Crippen molar-refractivity contribution in [3.63, 3.8) is 0 Å². The van der Waals surface area contributed by atoms with Crippen molar-refractivity contribution in [2.24, 2.45) is 0 Å². The molecule has 0 aliphatic rings. The maximum absolute atomic E-state index is 14.0. The summed E-state index contributed by atoms with van der Waals surface area (Å²) in [4.78, 5) is 4.39. The molecule has 6 heteroatoms. The van der Waals surface area contributed by atoms with E-state index in [0.717, 1.165) is 10.2 Å². The predicted molar refractivity (Wildman–Crippen MR) is 88.2 cm³/mol. The van der Waals surface area contributed by atoms with Gasteiger partial charge in [-0.2, -0.15) is 0 Å². The van der Waals surface area contributed by atoms with E-state index in [1.54, 1.807) is 18.2 Å². The first-order valence-corrected chi connectivity index (χ1v) is 7.99. The molecule has 1 heterocycles. The van der Waals surface area contributed by atoms with Gasteiger partial charge in [0, 0.05) is 21.8 Å². The van der Waals surface area contributed by atoms with Gasteiger partial charge in [0.15, 0.2) is 5.82 Å². The molecule has 0 unspecified atom stereocenters. The first-order chi connectivity index (χ1) is 10.1. The Hall–Kier alpha value is -1.10. The molecule has 2 aromatic carbocycles. The van der Waals surface area contributed by atoms with Crippen LogP contribution in [0.3, 0.4) is 0 Å². The Morgan fingerprint density at radius 2 is 2.05 bits per heavy atom. The van der Waals surface area contributed by atoms with Crippen LogP contribution in [0.15, 0.2) is 40.9 Å². The third-order valence-corrected chi connectivity index (χ3v) is 4.23. The minimum Gasteiger partial charge on any atom is -0.295 e. The zero-order chi connectivity index (χ0) is 15.0. The summed E-state index contributed by atoms with van der Waals surface area (Å²) in [5.41, 5.74) is 1.91. The lowest BCUT2D eigenvalue weighted by Crippen LogP contribution is -2.03. The van der Waals surface area contributed by atoms with Crippen LogP contribution in [0, 0.1) is 5.82 Å². The number of aryl methyl sites for hydroxylation is 1. The number of hydrogen-bond donors (Lipinski definition) is 0. The van der Waals surface area contributed by atoms with Gasteiger partial charge >= 0.3 is 0 Å². The number of hydrogen-bond acceptors (Lipinski definition) is 1. The van der Waals surface area contributed by atoms with Crippen LogP contribution in [0.4, 0.5) is 4.39 Å². The molecular formula is C15H10BrCl2FN2. The molecule has 0 radical (unpaired) electrons. The molecule has 0 aliphatic heterocycles. The first-order valence-electron chi connectivity index (χ1n) is 6.29. The zero-order valence-electron chi connectivity index (χ0n) is 10.8. The van der Waals surface area contributed by atoms with Crippen LogP contribution >= 0.6 is 39.1 Å². The van der Waals surface area contributed by atoms with Crippen LogP contribution < -0.4 is 0 Å². The average Bonchev–Trinajstić information content (AvgIpc) is 2.79. The van der Waals surface area contributed by atoms with E-state index in [2.05, 4.69) is 20.9 Å². The highest BCUT2D eigenvalue weighted by Gasteiger charge is 2.16. The topological polar surface area (TPSA) is 17.8 Å². The molecule has 3 aromatic rings. The molecular weight excluding hydrogens is 378 g/mol. The molecule has 0 atom stereocenters. The lowest BCUT2D eigenvalue weighted by Gasteiger charge is -2.11. The van der Waals surface area contributed by atoms with Crippen molar-refractivity contribution in [3.8, 4) is 5.69 Å². The molecule has 2 nitrogen and oxygen atoms in total. The third kappa shape index (κ3) is 2.68. The standard InChI is InChI=1S/C15H10BrCl2FN2/c16-10-8-9(18)4-5-12(10)21-13-3-1-2-11(19)15(13)20-14(21)6-7-17/h1-5,8H,6-7H2. The second kappa shape index (κ2) is 5.95. The predicted octanol–water partition coefficient (Wildman–Crippen LogP) is 5.36. The number of rotatable bonds is 3. The highest BCUT2D eigenvalue weighted by molar-refractivity contribution is 9.10. The number of nitrogens with zero attached hydrogens (tertiary/aromatic N) is 2. The van der Waals surface area contributed by atoms with Gasteiger partial charge in [0.1, 0.15) is 11.3 Å². The molecule has 108 valence electrons. The number of benzene rings is 2. The summed E-state index contributed by atoms with van der Waals surface area (Å²) in [6.07, 6.45) is 0.546. The molecule has 0 N–H and O–H groups in total. The van der Waals surface area contributed by atoms with E-state index >= 15 is 0 Å². The summed E-state index contributed by atoms with van der Waals surface area (Å²) in [7, 11) is 0. The van der Waals surface area contributed by atoms with Gasteiger partial charge in [-0.05, 0) is 46.3 Å². The van der Waals surface area contributed by atoms with Crippen molar-refractivity contribution in [2.75, 3.05) is 5.88 Å². The van der Waals surface area contributed by atoms with Crippen molar-refractivity contribution < 1.29 is 4.39 Å². The minimum absolute atomic E-state index is 0.341.